The smallest absolute Gasteiger partial charge is 0.545 e. The first-order chi connectivity index (χ1) is 13.9. The van der Waals surface area contributed by atoms with Gasteiger partial charge in [-0.3, -0.25) is 14.8 Å². The number of hydrogen-bond acceptors (Lipinski definition) is 8. The van der Waals surface area contributed by atoms with Crippen molar-refractivity contribution in [3.63, 3.8) is 0 Å². The Morgan fingerprint density at radius 3 is 1.61 bits per heavy atom. The monoisotopic (exact) mass is 473 g/mol. The zero-order chi connectivity index (χ0) is 21.2. The van der Waals surface area contributed by atoms with Gasteiger partial charge in [-0.1, -0.05) is 48.5 Å². The fourth-order valence-electron chi connectivity index (χ4n) is 2.38. The third-order valence-corrected chi connectivity index (χ3v) is 3.63. The number of aldehydes is 1. The molecule has 0 saturated carbocycles. The van der Waals surface area contributed by atoms with Crippen LogP contribution in [0.2, 0.25) is 0 Å². The molecular weight excluding hydrogens is 458 g/mol. The predicted octanol–water partition coefficient (Wildman–Crippen LogP) is 1.48. The van der Waals surface area contributed by atoms with E-state index >= 15 is 0 Å². The van der Waals surface area contributed by atoms with Crippen molar-refractivity contribution in [3.05, 3.63) is 99.5 Å². The Bertz CT molecular complexity index is 1100. The number of rotatable bonds is 2. The van der Waals surface area contributed by atoms with Crippen LogP contribution in [0, 0.1) is 15.3 Å². The molecule has 31 heavy (non-hydrogen) atoms. The summed E-state index contributed by atoms with van der Waals surface area (Å²) in [7, 11) is 0. The molecule has 3 N–H and O–H groups in total. The van der Waals surface area contributed by atoms with E-state index in [1.807, 2.05) is 12.1 Å². The van der Waals surface area contributed by atoms with Gasteiger partial charge in [0.15, 0.2) is 0 Å². The van der Waals surface area contributed by atoms with Crippen LogP contribution < -0.4 is 5.11 Å². The molecule has 0 aliphatic rings. The zero-order valence-electron chi connectivity index (χ0n) is 15.7. The number of aromatic carboxylic acids is 1. The average Bonchev–Trinajstić information content (AvgIpc) is 2.74. The Balaban J connectivity index is 0.000000481. The number of carbonyl (C=O) groups excluding carboxylic acids is 2. The summed E-state index contributed by atoms with van der Waals surface area (Å²) in [5.41, 5.74) is 2.49. The number of benzene rings is 2. The molecule has 0 spiro atoms. The summed E-state index contributed by atoms with van der Waals surface area (Å²) in [6.07, 6.45) is 4.26. The second-order valence-electron chi connectivity index (χ2n) is 5.47. The summed E-state index contributed by atoms with van der Waals surface area (Å²) in [6, 6.07) is 17.7. The van der Waals surface area contributed by atoms with E-state index in [1.54, 1.807) is 12.4 Å². The van der Waals surface area contributed by atoms with Gasteiger partial charge in [0.1, 0.15) is 6.29 Å². The summed E-state index contributed by atoms with van der Waals surface area (Å²) >= 11 is 0. The van der Waals surface area contributed by atoms with Crippen LogP contribution in [0.15, 0.2) is 73.1 Å². The van der Waals surface area contributed by atoms with Gasteiger partial charge in [0.2, 0.25) is 0 Å². The number of hydrogen-bond donors (Lipinski definition) is 0. The molecule has 2 aromatic carbocycles. The van der Waals surface area contributed by atoms with E-state index in [4.69, 9.17) is 15.3 Å². The van der Waals surface area contributed by atoms with Gasteiger partial charge in [-0.15, -0.1) is 0 Å². The molecule has 163 valence electrons. The van der Waals surface area contributed by atoms with Crippen molar-refractivity contribution in [2.45, 2.75) is 0 Å². The minimum absolute atomic E-state index is 0. The first-order valence-corrected chi connectivity index (χ1v) is 8.09. The second-order valence-corrected chi connectivity index (χ2v) is 5.47. The number of carboxylic acids is 1. The van der Waals surface area contributed by atoms with Crippen LogP contribution in [0.3, 0.4) is 0 Å². The standard InChI is InChI=1S/C12H8N2.C8H6O3.Cu.NO3.H2O/c1-3-9-5-6-10-4-2-8-14-12(10)11(9)13-7-1;9-5-6-1-3-7(4-2-6)8(10)11;;2-1(3)4;/h1-8H;1-5H,(H,10,11);;;1H2/q;;+2;-1;. The first kappa shape index (κ1) is 27.1. The summed E-state index contributed by atoms with van der Waals surface area (Å²) in [5.74, 6) is -1.23. The number of carbonyl (C=O) groups is 2. The minimum atomic E-state index is -1.75. The molecule has 1 radical (unpaired) electrons. The van der Waals surface area contributed by atoms with Gasteiger partial charge in [-0.2, -0.15) is 0 Å². The maximum absolute atomic E-state index is 10.2. The van der Waals surface area contributed by atoms with E-state index in [0.29, 0.717) is 11.8 Å². The molecule has 0 aliphatic carbocycles. The van der Waals surface area contributed by atoms with Gasteiger partial charge in [0.25, 0.3) is 0 Å². The Morgan fingerprint density at radius 2 is 1.26 bits per heavy atom. The van der Waals surface area contributed by atoms with Crippen LogP contribution in [0.5, 0.6) is 0 Å². The summed E-state index contributed by atoms with van der Waals surface area (Å²) < 4.78 is 0. The largest absolute Gasteiger partial charge is 2.00 e. The summed E-state index contributed by atoms with van der Waals surface area (Å²) in [5, 5.41) is 27.2. The molecule has 2 aromatic heterocycles. The van der Waals surface area contributed by atoms with Crippen LogP contribution in [0.25, 0.3) is 21.8 Å². The molecule has 4 rings (SSSR count). The Hall–Kier alpha value is -3.92. The fourth-order valence-corrected chi connectivity index (χ4v) is 2.38. The maximum Gasteiger partial charge on any atom is 2.00 e. The SMILES string of the molecule is O=Cc1ccc(C(=O)[O-])cc1.O=[N+]([O-])[O-].[Cu+2].[OH3+].c1cnc2c(c1)ccc1cccnc12. The average molecular weight is 474 g/mol. The van der Waals surface area contributed by atoms with E-state index < -0.39 is 11.1 Å². The molecule has 0 fully saturated rings. The van der Waals surface area contributed by atoms with E-state index in [9.17, 15) is 14.7 Å². The van der Waals surface area contributed by atoms with Gasteiger partial charge in [0.05, 0.1) is 22.1 Å². The zero-order valence-corrected chi connectivity index (χ0v) is 16.6. The van der Waals surface area contributed by atoms with E-state index in [0.717, 1.165) is 21.8 Å². The molecule has 0 bridgehead atoms. The molecule has 11 heteroatoms. The fraction of sp³-hybridized carbons (Fsp3) is 0. The molecule has 0 unspecified atom stereocenters. The molecule has 0 saturated heterocycles. The molecule has 0 aliphatic heterocycles. The molecule has 2 heterocycles. The van der Waals surface area contributed by atoms with Gasteiger partial charge in [-0.05, 0) is 17.7 Å². The number of nitrogens with zero attached hydrogens (tertiary/aromatic N) is 3. The van der Waals surface area contributed by atoms with Crippen molar-refractivity contribution >= 4 is 34.1 Å². The first-order valence-electron chi connectivity index (χ1n) is 8.09. The number of aromatic nitrogens is 2. The number of carboxylic acid groups (broad SMARTS) is 1. The van der Waals surface area contributed by atoms with Crippen molar-refractivity contribution in [1.82, 2.24) is 9.97 Å². The number of pyridine rings is 2. The topological polar surface area (TPSA) is 182 Å². The maximum atomic E-state index is 10.2. The molecule has 0 amide bonds. The summed E-state index contributed by atoms with van der Waals surface area (Å²) in [6.45, 7) is 0. The van der Waals surface area contributed by atoms with Crippen molar-refractivity contribution in [2.24, 2.45) is 0 Å². The van der Waals surface area contributed by atoms with Gasteiger partial charge < -0.3 is 30.7 Å². The van der Waals surface area contributed by atoms with Gasteiger partial charge in [0, 0.05) is 28.7 Å². The van der Waals surface area contributed by atoms with Crippen LogP contribution in [0.4, 0.5) is 0 Å². The van der Waals surface area contributed by atoms with E-state index in [2.05, 4.69) is 34.2 Å². The van der Waals surface area contributed by atoms with Crippen molar-refractivity contribution in [1.29, 1.82) is 0 Å². The van der Waals surface area contributed by atoms with Crippen molar-refractivity contribution in [3.8, 4) is 0 Å². The number of fused-ring (bicyclic) bond motifs is 3. The van der Waals surface area contributed by atoms with Crippen LogP contribution in [-0.2, 0) is 22.5 Å². The van der Waals surface area contributed by atoms with Crippen LogP contribution >= 0.6 is 0 Å². The van der Waals surface area contributed by atoms with Gasteiger partial charge in [-0.25, -0.2) is 0 Å². The van der Waals surface area contributed by atoms with Crippen LogP contribution in [0.1, 0.15) is 20.7 Å². The van der Waals surface area contributed by atoms with Crippen molar-refractivity contribution in [2.75, 3.05) is 0 Å². The Kier molecular flexibility index (Phi) is 11.6. The normalized spacial score (nSPS) is 8.90. The Labute approximate surface area is 186 Å². The molecule has 0 atom stereocenters. The molecule has 4 aromatic rings. The summed E-state index contributed by atoms with van der Waals surface area (Å²) in [4.78, 5) is 37.3. The van der Waals surface area contributed by atoms with Gasteiger partial charge >= 0.3 is 17.1 Å². The predicted molar refractivity (Wildman–Crippen MR) is 108 cm³/mol. The third-order valence-electron chi connectivity index (χ3n) is 3.63. The quantitative estimate of drug-likeness (QED) is 0.105. The molecule has 10 nitrogen and oxygen atoms in total. The van der Waals surface area contributed by atoms with E-state index in [-0.39, 0.29) is 28.1 Å². The second kappa shape index (κ2) is 13.3. The third kappa shape index (κ3) is 8.15. The Morgan fingerprint density at radius 1 is 0.839 bits per heavy atom. The van der Waals surface area contributed by atoms with Crippen LogP contribution in [-0.4, -0.2) is 27.3 Å². The van der Waals surface area contributed by atoms with E-state index in [1.165, 1.54) is 24.3 Å². The minimum Gasteiger partial charge on any atom is -0.545 e. The van der Waals surface area contributed by atoms with Crippen molar-refractivity contribution < 1.29 is 42.3 Å². The molecular formula is C20H16CuN3O7+.